The van der Waals surface area contributed by atoms with Gasteiger partial charge >= 0.3 is 0 Å². The summed E-state index contributed by atoms with van der Waals surface area (Å²) in [4.78, 5) is 16.2. The van der Waals surface area contributed by atoms with Gasteiger partial charge in [-0.05, 0) is 37.6 Å². The van der Waals surface area contributed by atoms with E-state index in [9.17, 15) is 4.79 Å². The van der Waals surface area contributed by atoms with Crippen molar-refractivity contribution < 1.29 is 4.79 Å². The Morgan fingerprint density at radius 2 is 1.95 bits per heavy atom. The van der Waals surface area contributed by atoms with Crippen LogP contribution in [0.25, 0.3) is 0 Å². The highest BCUT2D eigenvalue weighted by molar-refractivity contribution is 6.03. The van der Waals surface area contributed by atoms with Crippen LogP contribution in [0.1, 0.15) is 30.8 Å². The van der Waals surface area contributed by atoms with Crippen molar-refractivity contribution in [2.24, 2.45) is 0 Å². The van der Waals surface area contributed by atoms with Crippen molar-refractivity contribution in [2.75, 3.05) is 10.6 Å². The molecule has 1 aromatic heterocycles. The van der Waals surface area contributed by atoms with Crippen LogP contribution in [0.15, 0.2) is 48.7 Å². The van der Waals surface area contributed by atoms with E-state index in [0.29, 0.717) is 11.7 Å². The smallest absolute Gasteiger partial charge is 0.274 e. The van der Waals surface area contributed by atoms with E-state index in [0.717, 1.165) is 17.8 Å². The molecule has 0 aliphatic heterocycles. The summed E-state index contributed by atoms with van der Waals surface area (Å²) in [6.07, 6.45) is 2.67. The van der Waals surface area contributed by atoms with E-state index in [1.54, 1.807) is 12.3 Å². The SMILES string of the molecule is CCC(C)Nc1ccnc(C(=O)Nc2ccccc2)c1. The van der Waals surface area contributed by atoms with Crippen molar-refractivity contribution in [3.63, 3.8) is 0 Å². The second-order valence-corrected chi connectivity index (χ2v) is 4.70. The number of nitrogens with one attached hydrogen (secondary N) is 2. The molecular weight excluding hydrogens is 250 g/mol. The van der Waals surface area contributed by atoms with Crippen molar-refractivity contribution in [3.05, 3.63) is 54.4 Å². The zero-order valence-electron chi connectivity index (χ0n) is 11.8. The summed E-state index contributed by atoms with van der Waals surface area (Å²) >= 11 is 0. The molecule has 4 nitrogen and oxygen atoms in total. The molecule has 0 aliphatic rings. The van der Waals surface area contributed by atoms with Crippen molar-refractivity contribution in [1.82, 2.24) is 4.98 Å². The number of amides is 1. The minimum Gasteiger partial charge on any atom is -0.382 e. The minimum absolute atomic E-state index is 0.205. The van der Waals surface area contributed by atoms with Gasteiger partial charge in [0.2, 0.25) is 0 Å². The lowest BCUT2D eigenvalue weighted by atomic mass is 10.2. The van der Waals surface area contributed by atoms with E-state index < -0.39 is 0 Å². The number of carbonyl (C=O) groups is 1. The first-order valence-corrected chi connectivity index (χ1v) is 6.78. The van der Waals surface area contributed by atoms with Gasteiger partial charge in [0.1, 0.15) is 5.69 Å². The number of pyridine rings is 1. The average molecular weight is 269 g/mol. The normalized spacial score (nSPS) is 11.7. The van der Waals surface area contributed by atoms with Crippen molar-refractivity contribution in [2.45, 2.75) is 26.3 Å². The number of carbonyl (C=O) groups excluding carboxylic acids is 1. The number of benzene rings is 1. The molecule has 2 N–H and O–H groups in total. The lowest BCUT2D eigenvalue weighted by Crippen LogP contribution is -2.16. The number of para-hydroxylation sites is 1. The second-order valence-electron chi connectivity index (χ2n) is 4.70. The third-order valence-corrected chi connectivity index (χ3v) is 3.05. The molecule has 2 aromatic rings. The first kappa shape index (κ1) is 14.1. The largest absolute Gasteiger partial charge is 0.382 e. The summed E-state index contributed by atoms with van der Waals surface area (Å²) in [6.45, 7) is 4.21. The lowest BCUT2D eigenvalue weighted by Gasteiger charge is -2.13. The molecule has 4 heteroatoms. The highest BCUT2D eigenvalue weighted by Crippen LogP contribution is 2.12. The molecule has 1 atom stereocenters. The maximum absolute atomic E-state index is 12.1. The Morgan fingerprint density at radius 1 is 1.20 bits per heavy atom. The molecule has 20 heavy (non-hydrogen) atoms. The maximum atomic E-state index is 12.1. The van der Waals surface area contributed by atoms with E-state index in [2.05, 4.69) is 29.5 Å². The van der Waals surface area contributed by atoms with E-state index in [4.69, 9.17) is 0 Å². The Hall–Kier alpha value is -2.36. The van der Waals surface area contributed by atoms with Gasteiger partial charge in [-0.1, -0.05) is 25.1 Å². The molecule has 0 saturated heterocycles. The Morgan fingerprint density at radius 3 is 2.65 bits per heavy atom. The quantitative estimate of drug-likeness (QED) is 0.872. The summed E-state index contributed by atoms with van der Waals surface area (Å²) in [6, 6.07) is 13.4. The predicted molar refractivity (Wildman–Crippen MR) is 82.0 cm³/mol. The molecule has 0 aliphatic carbocycles. The second kappa shape index (κ2) is 6.70. The number of anilines is 2. The van der Waals surface area contributed by atoms with Gasteiger partial charge in [0.05, 0.1) is 0 Å². The van der Waals surface area contributed by atoms with Gasteiger partial charge < -0.3 is 10.6 Å². The van der Waals surface area contributed by atoms with Crippen LogP contribution >= 0.6 is 0 Å². The van der Waals surface area contributed by atoms with Crippen molar-refractivity contribution in [1.29, 1.82) is 0 Å². The lowest BCUT2D eigenvalue weighted by molar-refractivity contribution is 0.102. The zero-order valence-corrected chi connectivity index (χ0v) is 11.8. The summed E-state index contributed by atoms with van der Waals surface area (Å²) < 4.78 is 0. The molecule has 0 bridgehead atoms. The standard InChI is InChI=1S/C16H19N3O/c1-3-12(2)18-14-9-10-17-15(11-14)16(20)19-13-7-5-4-6-8-13/h4-12H,3H2,1-2H3,(H,17,18)(H,19,20). The number of rotatable bonds is 5. The number of hydrogen-bond acceptors (Lipinski definition) is 3. The third kappa shape index (κ3) is 3.82. The highest BCUT2D eigenvalue weighted by atomic mass is 16.1. The van der Waals surface area contributed by atoms with Gasteiger partial charge in [-0.15, -0.1) is 0 Å². The fraction of sp³-hybridized carbons (Fsp3) is 0.250. The van der Waals surface area contributed by atoms with E-state index in [-0.39, 0.29) is 5.91 Å². The molecule has 0 fully saturated rings. The summed E-state index contributed by atoms with van der Waals surface area (Å²) in [5.41, 5.74) is 2.08. The summed E-state index contributed by atoms with van der Waals surface area (Å²) in [5, 5.41) is 6.15. The Bertz CT molecular complexity index is 569. The van der Waals surface area contributed by atoms with Gasteiger partial charge in [-0.2, -0.15) is 0 Å². The van der Waals surface area contributed by atoms with E-state index in [1.165, 1.54) is 0 Å². The third-order valence-electron chi connectivity index (χ3n) is 3.05. The van der Waals surface area contributed by atoms with Gasteiger partial charge in [0.25, 0.3) is 5.91 Å². The molecule has 0 saturated carbocycles. The number of nitrogens with zero attached hydrogens (tertiary/aromatic N) is 1. The minimum atomic E-state index is -0.205. The Kier molecular flexibility index (Phi) is 4.71. The number of aromatic nitrogens is 1. The van der Waals surface area contributed by atoms with Crippen LogP contribution in [-0.4, -0.2) is 16.9 Å². The van der Waals surface area contributed by atoms with Gasteiger partial charge in [-0.3, -0.25) is 9.78 Å². The van der Waals surface area contributed by atoms with Crippen LogP contribution in [0.2, 0.25) is 0 Å². The number of hydrogen-bond donors (Lipinski definition) is 2. The highest BCUT2D eigenvalue weighted by Gasteiger charge is 2.09. The molecule has 0 spiro atoms. The van der Waals surface area contributed by atoms with Crippen LogP contribution in [0, 0.1) is 0 Å². The topological polar surface area (TPSA) is 54.0 Å². The molecule has 1 aromatic carbocycles. The van der Waals surface area contributed by atoms with Crippen molar-refractivity contribution in [3.8, 4) is 0 Å². The maximum Gasteiger partial charge on any atom is 0.274 e. The van der Waals surface area contributed by atoms with Crippen LogP contribution in [-0.2, 0) is 0 Å². The molecule has 2 rings (SSSR count). The van der Waals surface area contributed by atoms with Crippen molar-refractivity contribution >= 4 is 17.3 Å². The Balaban J connectivity index is 2.08. The van der Waals surface area contributed by atoms with E-state index in [1.807, 2.05) is 36.4 Å². The Labute approximate surface area is 119 Å². The first-order valence-electron chi connectivity index (χ1n) is 6.78. The average Bonchev–Trinajstić information content (AvgIpc) is 2.48. The predicted octanol–water partition coefficient (Wildman–Crippen LogP) is 3.54. The molecule has 104 valence electrons. The zero-order chi connectivity index (χ0) is 14.4. The summed E-state index contributed by atoms with van der Waals surface area (Å²) in [7, 11) is 0. The molecule has 1 heterocycles. The monoisotopic (exact) mass is 269 g/mol. The van der Waals surface area contributed by atoms with Crippen LogP contribution in [0.3, 0.4) is 0 Å². The fourth-order valence-corrected chi connectivity index (χ4v) is 1.75. The molecule has 0 radical (unpaired) electrons. The van der Waals surface area contributed by atoms with Crippen LogP contribution in [0.5, 0.6) is 0 Å². The van der Waals surface area contributed by atoms with Crippen LogP contribution in [0.4, 0.5) is 11.4 Å². The summed E-state index contributed by atoms with van der Waals surface area (Å²) in [5.74, 6) is -0.205. The first-order chi connectivity index (χ1) is 9.69. The van der Waals surface area contributed by atoms with Crippen LogP contribution < -0.4 is 10.6 Å². The van der Waals surface area contributed by atoms with E-state index >= 15 is 0 Å². The molecule has 1 amide bonds. The fourth-order valence-electron chi connectivity index (χ4n) is 1.75. The van der Waals surface area contributed by atoms with Gasteiger partial charge in [0.15, 0.2) is 0 Å². The molecular formula is C16H19N3O. The van der Waals surface area contributed by atoms with Gasteiger partial charge in [-0.25, -0.2) is 0 Å². The van der Waals surface area contributed by atoms with Gasteiger partial charge in [0, 0.05) is 23.6 Å². The molecule has 1 unspecified atom stereocenters.